The first-order chi connectivity index (χ1) is 5.72. The minimum absolute atomic E-state index is 0.410. The quantitative estimate of drug-likeness (QED) is 0.648. The Kier molecular flexibility index (Phi) is 2.91. The second kappa shape index (κ2) is 3.95. The Hall–Kier alpha value is -1.25. The van der Waals surface area contributed by atoms with Gasteiger partial charge in [-0.15, -0.1) is 0 Å². The van der Waals surface area contributed by atoms with E-state index in [0.717, 1.165) is 18.5 Å². The number of ether oxygens (including phenoxy) is 1. The summed E-state index contributed by atoms with van der Waals surface area (Å²) in [7, 11) is 1.36. The van der Waals surface area contributed by atoms with Crippen molar-refractivity contribution in [2.75, 3.05) is 7.11 Å². The third-order valence-corrected chi connectivity index (χ3v) is 1.74. The molecule has 1 rings (SSSR count). The first kappa shape index (κ1) is 8.84. The van der Waals surface area contributed by atoms with E-state index in [0.29, 0.717) is 0 Å². The van der Waals surface area contributed by atoms with E-state index in [1.54, 1.807) is 0 Å². The number of nitrogens with one attached hydrogen (secondary N) is 1. The number of methoxy groups -OCH3 is 1. The summed E-state index contributed by atoms with van der Waals surface area (Å²) in [4.78, 5) is 10.8. The maximum Gasteiger partial charge on any atom is 0.411 e. The Balaban J connectivity index is 2.53. The molecule has 1 aliphatic carbocycles. The van der Waals surface area contributed by atoms with Gasteiger partial charge in [0.15, 0.2) is 0 Å². The lowest BCUT2D eigenvalue weighted by Crippen LogP contribution is -2.22. The van der Waals surface area contributed by atoms with Gasteiger partial charge in [0.2, 0.25) is 0 Å². The molecule has 1 aliphatic rings. The molecule has 0 atom stereocenters. The monoisotopic (exact) mass is 167 g/mol. The molecular weight excluding hydrogens is 154 g/mol. The van der Waals surface area contributed by atoms with Crippen molar-refractivity contribution in [3.8, 4) is 0 Å². The molecule has 0 aromatic carbocycles. The predicted molar refractivity (Wildman–Crippen MR) is 46.6 cm³/mol. The van der Waals surface area contributed by atoms with Crippen molar-refractivity contribution >= 4 is 6.09 Å². The number of carbonyl (C=O) groups excluding carboxylic acids is 1. The van der Waals surface area contributed by atoms with Crippen molar-refractivity contribution in [2.45, 2.75) is 19.8 Å². The first-order valence-electron chi connectivity index (χ1n) is 3.94. The van der Waals surface area contributed by atoms with E-state index in [2.05, 4.69) is 10.1 Å². The van der Waals surface area contributed by atoms with Crippen LogP contribution in [0.25, 0.3) is 0 Å². The van der Waals surface area contributed by atoms with Gasteiger partial charge in [-0.1, -0.05) is 11.6 Å². The highest BCUT2D eigenvalue weighted by molar-refractivity contribution is 5.70. The topological polar surface area (TPSA) is 38.3 Å². The summed E-state index contributed by atoms with van der Waals surface area (Å²) < 4.78 is 4.47. The summed E-state index contributed by atoms with van der Waals surface area (Å²) >= 11 is 0. The molecular formula is C9H13NO2. The van der Waals surface area contributed by atoms with Crippen LogP contribution >= 0.6 is 0 Å². The summed E-state index contributed by atoms with van der Waals surface area (Å²) in [5.74, 6) is 0. The molecule has 0 aliphatic heterocycles. The van der Waals surface area contributed by atoms with Gasteiger partial charge in [-0.3, -0.25) is 5.32 Å². The number of hydrogen-bond acceptors (Lipinski definition) is 2. The summed E-state index contributed by atoms with van der Waals surface area (Å²) in [6, 6.07) is 0. The molecule has 12 heavy (non-hydrogen) atoms. The fourth-order valence-corrected chi connectivity index (χ4v) is 1.11. The SMILES string of the molecule is COC(=O)NC1=CCCC(C)=C1. The van der Waals surface area contributed by atoms with Crippen molar-refractivity contribution in [1.82, 2.24) is 5.32 Å². The Morgan fingerprint density at radius 3 is 3.00 bits per heavy atom. The maximum atomic E-state index is 10.8. The van der Waals surface area contributed by atoms with E-state index in [4.69, 9.17) is 0 Å². The van der Waals surface area contributed by atoms with E-state index in [9.17, 15) is 4.79 Å². The Labute approximate surface area is 72.1 Å². The molecule has 0 heterocycles. The molecule has 0 radical (unpaired) electrons. The minimum atomic E-state index is -0.410. The molecule has 0 unspecified atom stereocenters. The predicted octanol–water partition coefficient (Wildman–Crippen LogP) is 1.97. The zero-order valence-corrected chi connectivity index (χ0v) is 7.39. The summed E-state index contributed by atoms with van der Waals surface area (Å²) in [5.41, 5.74) is 2.12. The fourth-order valence-electron chi connectivity index (χ4n) is 1.11. The number of amides is 1. The van der Waals surface area contributed by atoms with Crippen LogP contribution in [0.1, 0.15) is 19.8 Å². The zero-order chi connectivity index (χ0) is 8.97. The lowest BCUT2D eigenvalue weighted by atomic mass is 10.1. The fraction of sp³-hybridized carbons (Fsp3) is 0.444. The lowest BCUT2D eigenvalue weighted by molar-refractivity contribution is 0.174. The number of alkyl carbamates (subject to hydrolysis) is 1. The van der Waals surface area contributed by atoms with Crippen LogP contribution in [0.15, 0.2) is 23.4 Å². The largest absolute Gasteiger partial charge is 0.453 e. The molecule has 0 spiro atoms. The normalized spacial score (nSPS) is 16.2. The van der Waals surface area contributed by atoms with Crippen molar-refractivity contribution in [1.29, 1.82) is 0 Å². The number of rotatable bonds is 1. The molecule has 0 aromatic rings. The maximum absolute atomic E-state index is 10.8. The molecule has 66 valence electrons. The smallest absolute Gasteiger partial charge is 0.411 e. The highest BCUT2D eigenvalue weighted by atomic mass is 16.5. The molecule has 3 nitrogen and oxygen atoms in total. The van der Waals surface area contributed by atoms with Crippen LogP contribution in [0, 0.1) is 0 Å². The van der Waals surface area contributed by atoms with Gasteiger partial charge >= 0.3 is 6.09 Å². The Bertz CT molecular complexity index is 241. The number of hydrogen-bond donors (Lipinski definition) is 1. The number of allylic oxidation sites excluding steroid dienone is 3. The highest BCUT2D eigenvalue weighted by Gasteiger charge is 2.04. The van der Waals surface area contributed by atoms with Crippen molar-refractivity contribution in [3.63, 3.8) is 0 Å². The van der Waals surface area contributed by atoms with E-state index < -0.39 is 6.09 Å². The van der Waals surface area contributed by atoms with Gasteiger partial charge in [0, 0.05) is 5.70 Å². The molecule has 3 heteroatoms. The van der Waals surface area contributed by atoms with Gasteiger partial charge in [-0.25, -0.2) is 4.79 Å². The van der Waals surface area contributed by atoms with Gasteiger partial charge in [0.05, 0.1) is 7.11 Å². The van der Waals surface area contributed by atoms with E-state index in [-0.39, 0.29) is 0 Å². The van der Waals surface area contributed by atoms with E-state index >= 15 is 0 Å². The molecule has 1 N–H and O–H groups in total. The zero-order valence-electron chi connectivity index (χ0n) is 7.39. The second-order valence-electron chi connectivity index (χ2n) is 2.81. The standard InChI is InChI=1S/C9H13NO2/c1-7-4-3-5-8(6-7)10-9(11)12-2/h5-6H,3-4H2,1-2H3,(H,10,11). The lowest BCUT2D eigenvalue weighted by Gasteiger charge is -2.10. The third kappa shape index (κ3) is 2.42. The minimum Gasteiger partial charge on any atom is -0.453 e. The Morgan fingerprint density at radius 1 is 1.67 bits per heavy atom. The van der Waals surface area contributed by atoms with Gasteiger partial charge in [-0.2, -0.15) is 0 Å². The summed E-state index contributed by atoms with van der Waals surface area (Å²) in [6.07, 6.45) is 5.60. The van der Waals surface area contributed by atoms with Gasteiger partial charge in [0.25, 0.3) is 0 Å². The van der Waals surface area contributed by atoms with Crippen molar-refractivity contribution in [3.05, 3.63) is 23.4 Å². The highest BCUT2D eigenvalue weighted by Crippen LogP contribution is 2.14. The summed E-state index contributed by atoms with van der Waals surface area (Å²) in [6.45, 7) is 2.05. The number of carbonyl (C=O) groups is 1. The summed E-state index contributed by atoms with van der Waals surface area (Å²) in [5, 5.41) is 2.62. The van der Waals surface area contributed by atoms with Crippen LogP contribution in [0.3, 0.4) is 0 Å². The molecule has 0 fully saturated rings. The average molecular weight is 167 g/mol. The van der Waals surface area contributed by atoms with Crippen LogP contribution in [-0.4, -0.2) is 13.2 Å². The molecule has 1 amide bonds. The van der Waals surface area contributed by atoms with Crippen molar-refractivity contribution < 1.29 is 9.53 Å². The van der Waals surface area contributed by atoms with E-state index in [1.807, 2.05) is 19.1 Å². The molecule has 0 aromatic heterocycles. The second-order valence-corrected chi connectivity index (χ2v) is 2.81. The molecule has 0 saturated carbocycles. The van der Waals surface area contributed by atoms with Gasteiger partial charge < -0.3 is 4.74 Å². The third-order valence-electron chi connectivity index (χ3n) is 1.74. The molecule has 0 saturated heterocycles. The van der Waals surface area contributed by atoms with Crippen LogP contribution < -0.4 is 5.32 Å². The first-order valence-corrected chi connectivity index (χ1v) is 3.94. The van der Waals surface area contributed by atoms with Crippen molar-refractivity contribution in [2.24, 2.45) is 0 Å². The van der Waals surface area contributed by atoms with Crippen LogP contribution in [-0.2, 0) is 4.74 Å². The van der Waals surface area contributed by atoms with Gasteiger partial charge in [-0.05, 0) is 25.8 Å². The van der Waals surface area contributed by atoms with Crippen LogP contribution in [0.2, 0.25) is 0 Å². The average Bonchev–Trinajstić information content (AvgIpc) is 2.04. The van der Waals surface area contributed by atoms with E-state index in [1.165, 1.54) is 12.7 Å². The Morgan fingerprint density at radius 2 is 2.42 bits per heavy atom. The van der Waals surface area contributed by atoms with Gasteiger partial charge in [0.1, 0.15) is 0 Å². The van der Waals surface area contributed by atoms with Crippen LogP contribution in [0.5, 0.6) is 0 Å². The molecule has 0 bridgehead atoms. The van der Waals surface area contributed by atoms with Crippen LogP contribution in [0.4, 0.5) is 4.79 Å².